The zero-order valence-electron chi connectivity index (χ0n) is 14.1. The number of piperidine rings is 1. The first-order valence-corrected chi connectivity index (χ1v) is 8.82. The average molecular weight is 331 g/mol. The summed E-state index contributed by atoms with van der Waals surface area (Å²) in [6.45, 7) is 1.66. The van der Waals surface area contributed by atoms with Gasteiger partial charge in [0.15, 0.2) is 0 Å². The van der Waals surface area contributed by atoms with Crippen LogP contribution in [0.5, 0.6) is 0 Å². The lowest BCUT2D eigenvalue weighted by Gasteiger charge is -2.33. The highest BCUT2D eigenvalue weighted by Gasteiger charge is 2.24. The summed E-state index contributed by atoms with van der Waals surface area (Å²) >= 11 is 0. The molecule has 1 aliphatic rings. The molecular formula is C21H21N3O. The quantitative estimate of drug-likeness (QED) is 0.735. The molecule has 1 saturated heterocycles. The smallest absolute Gasteiger partial charge is 0.253 e. The lowest BCUT2D eigenvalue weighted by molar-refractivity contribution is 0.0673. The SMILES string of the molecule is O=C(c1ccc2ncccc2c1)N1CCCC(Cc2cccnc2)C1. The molecule has 1 amide bonds. The molecule has 1 atom stereocenters. The predicted octanol–water partition coefficient (Wildman–Crippen LogP) is 3.72. The van der Waals surface area contributed by atoms with Crippen molar-refractivity contribution in [3.63, 3.8) is 0 Å². The van der Waals surface area contributed by atoms with Gasteiger partial charge in [-0.15, -0.1) is 0 Å². The van der Waals surface area contributed by atoms with E-state index in [2.05, 4.69) is 16.0 Å². The van der Waals surface area contributed by atoms with Crippen molar-refractivity contribution >= 4 is 16.8 Å². The Balaban J connectivity index is 1.49. The first kappa shape index (κ1) is 15.8. The van der Waals surface area contributed by atoms with Crippen LogP contribution in [0.1, 0.15) is 28.8 Å². The van der Waals surface area contributed by atoms with Gasteiger partial charge in [0.25, 0.3) is 5.91 Å². The lowest BCUT2D eigenvalue weighted by Crippen LogP contribution is -2.40. The number of hydrogen-bond acceptors (Lipinski definition) is 3. The maximum absolute atomic E-state index is 12.9. The molecule has 0 saturated carbocycles. The van der Waals surface area contributed by atoms with Gasteiger partial charge in [0.05, 0.1) is 5.52 Å². The summed E-state index contributed by atoms with van der Waals surface area (Å²) in [5.74, 6) is 0.630. The van der Waals surface area contributed by atoms with Gasteiger partial charge in [-0.05, 0) is 61.1 Å². The van der Waals surface area contributed by atoms with E-state index in [0.29, 0.717) is 5.92 Å². The number of likely N-dealkylation sites (tertiary alicyclic amines) is 1. The van der Waals surface area contributed by atoms with Gasteiger partial charge in [-0.1, -0.05) is 12.1 Å². The van der Waals surface area contributed by atoms with Crippen LogP contribution in [0.2, 0.25) is 0 Å². The molecule has 1 aliphatic heterocycles. The van der Waals surface area contributed by atoms with E-state index in [-0.39, 0.29) is 5.91 Å². The molecule has 4 rings (SSSR count). The number of rotatable bonds is 3. The van der Waals surface area contributed by atoms with Crippen molar-refractivity contribution in [3.05, 3.63) is 72.2 Å². The summed E-state index contributed by atoms with van der Waals surface area (Å²) in [6, 6.07) is 13.8. The fourth-order valence-electron chi connectivity index (χ4n) is 3.66. The van der Waals surface area contributed by atoms with Crippen molar-refractivity contribution in [2.24, 2.45) is 5.92 Å². The Kier molecular flexibility index (Phi) is 4.42. The number of amides is 1. The molecule has 0 radical (unpaired) electrons. The van der Waals surface area contributed by atoms with Crippen molar-refractivity contribution in [1.29, 1.82) is 0 Å². The highest BCUT2D eigenvalue weighted by Crippen LogP contribution is 2.23. The Bertz CT molecular complexity index is 878. The summed E-state index contributed by atoms with van der Waals surface area (Å²) in [4.78, 5) is 23.5. The summed E-state index contributed by atoms with van der Waals surface area (Å²) in [7, 11) is 0. The molecular weight excluding hydrogens is 310 g/mol. The molecule has 0 bridgehead atoms. The number of benzene rings is 1. The van der Waals surface area contributed by atoms with E-state index in [1.165, 1.54) is 12.0 Å². The molecule has 2 aromatic heterocycles. The molecule has 1 unspecified atom stereocenters. The van der Waals surface area contributed by atoms with Crippen molar-refractivity contribution in [2.45, 2.75) is 19.3 Å². The molecule has 1 aromatic carbocycles. The number of pyridine rings is 2. The summed E-state index contributed by atoms with van der Waals surface area (Å²) < 4.78 is 0. The van der Waals surface area contributed by atoms with Gasteiger partial charge in [0.2, 0.25) is 0 Å². The molecule has 4 nitrogen and oxygen atoms in total. The van der Waals surface area contributed by atoms with E-state index in [1.54, 1.807) is 12.4 Å². The Labute approximate surface area is 147 Å². The van der Waals surface area contributed by atoms with Crippen LogP contribution >= 0.6 is 0 Å². The number of nitrogens with zero attached hydrogens (tertiary/aromatic N) is 3. The fourth-order valence-corrected chi connectivity index (χ4v) is 3.66. The highest BCUT2D eigenvalue weighted by molar-refractivity contribution is 5.98. The topological polar surface area (TPSA) is 46.1 Å². The van der Waals surface area contributed by atoms with Gasteiger partial charge < -0.3 is 4.90 Å². The maximum Gasteiger partial charge on any atom is 0.253 e. The third kappa shape index (κ3) is 3.53. The Morgan fingerprint density at radius 2 is 2.08 bits per heavy atom. The first-order chi connectivity index (χ1) is 12.3. The second-order valence-corrected chi connectivity index (χ2v) is 6.74. The molecule has 3 aromatic rings. The van der Waals surface area contributed by atoms with Gasteiger partial charge in [0, 0.05) is 42.6 Å². The molecule has 0 N–H and O–H groups in total. The van der Waals surface area contributed by atoms with Crippen LogP contribution < -0.4 is 0 Å². The molecule has 4 heteroatoms. The van der Waals surface area contributed by atoms with E-state index in [0.717, 1.165) is 42.4 Å². The third-order valence-corrected chi connectivity index (χ3v) is 4.90. The molecule has 1 fully saturated rings. The Morgan fingerprint density at radius 1 is 1.16 bits per heavy atom. The molecule has 126 valence electrons. The third-order valence-electron chi connectivity index (χ3n) is 4.90. The number of carbonyl (C=O) groups excluding carboxylic acids is 1. The minimum absolute atomic E-state index is 0.127. The molecule has 0 aliphatic carbocycles. The largest absolute Gasteiger partial charge is 0.338 e. The van der Waals surface area contributed by atoms with Gasteiger partial charge in [-0.2, -0.15) is 0 Å². The van der Waals surface area contributed by atoms with Crippen LogP contribution in [0.3, 0.4) is 0 Å². The number of aromatic nitrogens is 2. The van der Waals surface area contributed by atoms with Gasteiger partial charge in [-0.3, -0.25) is 14.8 Å². The predicted molar refractivity (Wildman–Crippen MR) is 98.3 cm³/mol. The summed E-state index contributed by atoms with van der Waals surface area (Å²) in [6.07, 6.45) is 8.72. The normalized spacial score (nSPS) is 17.6. The van der Waals surface area contributed by atoms with Crippen molar-refractivity contribution in [1.82, 2.24) is 14.9 Å². The van der Waals surface area contributed by atoms with Crippen molar-refractivity contribution in [3.8, 4) is 0 Å². The van der Waals surface area contributed by atoms with Crippen LogP contribution in [0.15, 0.2) is 61.1 Å². The standard InChI is InChI=1S/C21H21N3O/c25-21(19-7-8-20-18(13-19)6-2-10-23-20)24-11-3-5-17(15-24)12-16-4-1-9-22-14-16/h1-2,4,6-10,13-14,17H,3,5,11-12,15H2. The zero-order chi connectivity index (χ0) is 17.1. The maximum atomic E-state index is 12.9. The van der Waals surface area contributed by atoms with Crippen LogP contribution in [-0.4, -0.2) is 33.9 Å². The Morgan fingerprint density at radius 3 is 2.96 bits per heavy atom. The van der Waals surface area contributed by atoms with Crippen LogP contribution in [0, 0.1) is 5.92 Å². The fraction of sp³-hybridized carbons (Fsp3) is 0.286. The lowest BCUT2D eigenvalue weighted by atomic mass is 9.91. The van der Waals surface area contributed by atoms with Crippen LogP contribution in [0.4, 0.5) is 0 Å². The minimum Gasteiger partial charge on any atom is -0.338 e. The van der Waals surface area contributed by atoms with Crippen LogP contribution in [-0.2, 0) is 6.42 Å². The zero-order valence-corrected chi connectivity index (χ0v) is 14.1. The monoisotopic (exact) mass is 331 g/mol. The summed E-state index contributed by atoms with van der Waals surface area (Å²) in [5.41, 5.74) is 2.92. The van der Waals surface area contributed by atoms with E-state index in [4.69, 9.17) is 0 Å². The highest BCUT2D eigenvalue weighted by atomic mass is 16.2. The van der Waals surface area contributed by atoms with E-state index < -0.39 is 0 Å². The van der Waals surface area contributed by atoms with Gasteiger partial charge in [0.1, 0.15) is 0 Å². The van der Waals surface area contributed by atoms with Crippen molar-refractivity contribution < 1.29 is 4.79 Å². The van der Waals surface area contributed by atoms with E-state index in [9.17, 15) is 4.79 Å². The number of carbonyl (C=O) groups is 1. The number of fused-ring (bicyclic) bond motifs is 1. The van der Waals surface area contributed by atoms with Crippen molar-refractivity contribution in [2.75, 3.05) is 13.1 Å². The molecule has 3 heterocycles. The van der Waals surface area contributed by atoms with Gasteiger partial charge in [-0.25, -0.2) is 0 Å². The number of hydrogen-bond donors (Lipinski definition) is 0. The van der Waals surface area contributed by atoms with Crippen LogP contribution in [0.25, 0.3) is 10.9 Å². The van der Waals surface area contributed by atoms with E-state index in [1.807, 2.05) is 47.5 Å². The van der Waals surface area contributed by atoms with E-state index >= 15 is 0 Å². The summed E-state index contributed by atoms with van der Waals surface area (Å²) in [5, 5.41) is 1.01. The van der Waals surface area contributed by atoms with Gasteiger partial charge >= 0.3 is 0 Å². The molecule has 25 heavy (non-hydrogen) atoms. The minimum atomic E-state index is 0.127. The molecule has 0 spiro atoms. The average Bonchev–Trinajstić information content (AvgIpc) is 2.68. The first-order valence-electron chi connectivity index (χ1n) is 8.82. The second kappa shape index (κ2) is 7.01. The Hall–Kier alpha value is -2.75. The second-order valence-electron chi connectivity index (χ2n) is 6.74.